The van der Waals surface area contributed by atoms with Crippen LogP contribution in [0, 0.1) is 13.8 Å². The number of hydrogen-bond donors (Lipinski definition) is 1. The largest absolute Gasteiger partial charge is 0.377 e. The van der Waals surface area contributed by atoms with E-state index >= 15 is 0 Å². The molecule has 0 bridgehead atoms. The molecule has 1 unspecified atom stereocenters. The Morgan fingerprint density at radius 3 is 2.25 bits per heavy atom. The first-order valence-electron chi connectivity index (χ1n) is 5.57. The van der Waals surface area contributed by atoms with Crippen molar-refractivity contribution in [3.63, 3.8) is 0 Å². The average Bonchev–Trinajstić information content (AvgIpc) is 2.17. The molecule has 16 heavy (non-hydrogen) atoms. The van der Waals surface area contributed by atoms with Crippen LogP contribution in [0.15, 0.2) is 0 Å². The van der Waals surface area contributed by atoms with E-state index in [9.17, 15) is 0 Å². The van der Waals surface area contributed by atoms with E-state index in [0.717, 1.165) is 23.8 Å². The smallest absolute Gasteiger partial charge is 0.154 e. The maximum Gasteiger partial charge on any atom is 0.154 e. The highest BCUT2D eigenvalue weighted by molar-refractivity contribution is 5.28. The van der Waals surface area contributed by atoms with E-state index in [2.05, 4.69) is 22.2 Å². The average molecular weight is 223 g/mol. The molecule has 0 fully saturated rings. The molecule has 0 aliphatic rings. The van der Waals surface area contributed by atoms with Crippen LogP contribution in [0.25, 0.3) is 0 Å². The molecule has 4 nitrogen and oxygen atoms in total. The summed E-state index contributed by atoms with van der Waals surface area (Å²) >= 11 is 0. The van der Waals surface area contributed by atoms with Gasteiger partial charge in [0.05, 0.1) is 0 Å². The molecule has 0 aliphatic carbocycles. The number of aryl methyl sites for hydroxylation is 2. The first kappa shape index (κ1) is 13.1. The van der Waals surface area contributed by atoms with E-state index in [-0.39, 0.29) is 0 Å². The summed E-state index contributed by atoms with van der Waals surface area (Å²) in [6.45, 7) is 7.67. The molecule has 1 rings (SSSR count). The minimum absolute atomic E-state index is 0.432. The number of likely N-dealkylation sites (N-methyl/N-ethyl adjacent to an activating group) is 1. The highest BCUT2D eigenvalue weighted by Gasteiger charge is 2.14. The normalized spacial score (nSPS) is 12.8. The lowest BCUT2D eigenvalue weighted by atomic mass is 9.98. The zero-order valence-electron chi connectivity index (χ0n) is 10.8. The molecule has 0 amide bonds. The van der Waals surface area contributed by atoms with E-state index in [1.807, 2.05) is 20.9 Å². The van der Waals surface area contributed by atoms with E-state index in [1.54, 1.807) is 7.11 Å². The molecule has 1 aromatic heterocycles. The summed E-state index contributed by atoms with van der Waals surface area (Å²) in [6, 6.07) is 0. The number of aromatic nitrogens is 2. The Bertz CT molecular complexity index is 329. The van der Waals surface area contributed by atoms with Gasteiger partial charge in [-0.05, 0) is 32.4 Å². The summed E-state index contributed by atoms with van der Waals surface area (Å²) in [5.74, 6) is 1.19. The van der Waals surface area contributed by atoms with Gasteiger partial charge in [-0.1, -0.05) is 6.92 Å². The third kappa shape index (κ3) is 3.00. The fourth-order valence-electron chi connectivity index (χ4n) is 2.11. The van der Waals surface area contributed by atoms with Gasteiger partial charge in [0, 0.05) is 25.0 Å². The van der Waals surface area contributed by atoms with Gasteiger partial charge >= 0.3 is 0 Å². The maximum absolute atomic E-state index is 5.05. The fourth-order valence-corrected chi connectivity index (χ4v) is 2.11. The van der Waals surface area contributed by atoms with Crippen LogP contribution in [0.1, 0.15) is 35.6 Å². The molecule has 90 valence electrons. The first-order chi connectivity index (χ1) is 7.60. The van der Waals surface area contributed by atoms with Crippen LogP contribution in [0.2, 0.25) is 0 Å². The second-order valence-corrected chi connectivity index (χ2v) is 4.12. The third-order valence-electron chi connectivity index (χ3n) is 2.65. The Balaban J connectivity index is 3.02. The van der Waals surface area contributed by atoms with Crippen LogP contribution in [-0.2, 0) is 11.3 Å². The molecule has 1 heterocycles. The van der Waals surface area contributed by atoms with Crippen molar-refractivity contribution >= 4 is 0 Å². The number of rotatable bonds is 5. The van der Waals surface area contributed by atoms with E-state index in [4.69, 9.17) is 4.74 Å². The molecule has 0 aromatic carbocycles. The topological polar surface area (TPSA) is 47.0 Å². The van der Waals surface area contributed by atoms with Crippen LogP contribution in [0.3, 0.4) is 0 Å². The summed E-state index contributed by atoms with van der Waals surface area (Å²) in [6.07, 6.45) is 0. The summed E-state index contributed by atoms with van der Waals surface area (Å²) in [5.41, 5.74) is 3.36. The van der Waals surface area contributed by atoms with Crippen LogP contribution in [0.5, 0.6) is 0 Å². The number of nitrogens with one attached hydrogen (secondary N) is 1. The molecule has 1 aromatic rings. The molecule has 1 N–H and O–H groups in total. The molecule has 0 saturated carbocycles. The van der Waals surface area contributed by atoms with Gasteiger partial charge in [0.15, 0.2) is 5.82 Å². The predicted molar refractivity (Wildman–Crippen MR) is 64.6 cm³/mol. The van der Waals surface area contributed by atoms with Crippen LogP contribution in [0.4, 0.5) is 0 Å². The quantitative estimate of drug-likeness (QED) is 0.823. The Morgan fingerprint density at radius 1 is 1.25 bits per heavy atom. The highest BCUT2D eigenvalue weighted by atomic mass is 16.5. The minimum Gasteiger partial charge on any atom is -0.377 e. The van der Waals surface area contributed by atoms with Crippen LogP contribution in [-0.4, -0.2) is 30.7 Å². The maximum atomic E-state index is 5.05. The molecule has 0 aliphatic heterocycles. The van der Waals surface area contributed by atoms with Crippen LogP contribution >= 0.6 is 0 Å². The van der Waals surface area contributed by atoms with E-state index in [0.29, 0.717) is 12.5 Å². The molecule has 4 heteroatoms. The number of nitrogens with zero attached hydrogens (tertiary/aromatic N) is 2. The number of methoxy groups -OCH3 is 1. The Kier molecular flexibility index (Phi) is 4.83. The van der Waals surface area contributed by atoms with Crippen LogP contribution < -0.4 is 5.32 Å². The number of hydrogen-bond acceptors (Lipinski definition) is 4. The number of ether oxygens (including phenoxy) is 1. The second kappa shape index (κ2) is 5.92. The summed E-state index contributed by atoms with van der Waals surface area (Å²) in [4.78, 5) is 8.93. The zero-order chi connectivity index (χ0) is 12.1. The van der Waals surface area contributed by atoms with Gasteiger partial charge in [0.2, 0.25) is 0 Å². The van der Waals surface area contributed by atoms with Gasteiger partial charge in [-0.25, -0.2) is 9.97 Å². The van der Waals surface area contributed by atoms with E-state index in [1.165, 1.54) is 5.56 Å². The Labute approximate surface area is 97.5 Å². The monoisotopic (exact) mass is 223 g/mol. The third-order valence-corrected chi connectivity index (χ3v) is 2.65. The summed E-state index contributed by atoms with van der Waals surface area (Å²) < 4.78 is 5.05. The van der Waals surface area contributed by atoms with Crippen molar-refractivity contribution < 1.29 is 4.74 Å². The van der Waals surface area contributed by atoms with Gasteiger partial charge in [0.1, 0.15) is 6.61 Å². The van der Waals surface area contributed by atoms with Gasteiger partial charge in [-0.3, -0.25) is 0 Å². The highest BCUT2D eigenvalue weighted by Crippen LogP contribution is 2.20. The zero-order valence-corrected chi connectivity index (χ0v) is 10.8. The Morgan fingerprint density at radius 2 is 1.81 bits per heavy atom. The van der Waals surface area contributed by atoms with E-state index < -0.39 is 0 Å². The lowest BCUT2D eigenvalue weighted by Crippen LogP contribution is -2.18. The van der Waals surface area contributed by atoms with Crippen molar-refractivity contribution in [3.8, 4) is 0 Å². The van der Waals surface area contributed by atoms with Gasteiger partial charge in [0.25, 0.3) is 0 Å². The van der Waals surface area contributed by atoms with Crippen molar-refractivity contribution in [1.82, 2.24) is 15.3 Å². The summed E-state index contributed by atoms with van der Waals surface area (Å²) in [7, 11) is 3.62. The second-order valence-electron chi connectivity index (χ2n) is 4.12. The molecular weight excluding hydrogens is 202 g/mol. The molecule has 0 saturated heterocycles. The molecular formula is C12H21N3O. The van der Waals surface area contributed by atoms with Crippen molar-refractivity contribution in [2.75, 3.05) is 20.7 Å². The SMILES string of the molecule is CNCC(C)c1c(C)nc(COC)nc1C. The summed E-state index contributed by atoms with van der Waals surface area (Å²) in [5, 5.41) is 3.18. The standard InChI is InChI=1S/C12H21N3O/c1-8(6-13-4)12-9(2)14-11(7-16-5)15-10(12)3/h8,13H,6-7H2,1-5H3. The predicted octanol–water partition coefficient (Wildman–Crippen LogP) is 1.56. The van der Waals surface area contributed by atoms with Crippen molar-refractivity contribution in [2.45, 2.75) is 33.3 Å². The lowest BCUT2D eigenvalue weighted by Gasteiger charge is -2.16. The minimum atomic E-state index is 0.432. The first-order valence-corrected chi connectivity index (χ1v) is 5.57. The molecule has 0 spiro atoms. The van der Waals surface area contributed by atoms with Crippen molar-refractivity contribution in [1.29, 1.82) is 0 Å². The molecule has 1 atom stereocenters. The Hall–Kier alpha value is -1.00. The van der Waals surface area contributed by atoms with Gasteiger partial charge in [-0.2, -0.15) is 0 Å². The van der Waals surface area contributed by atoms with Gasteiger partial charge < -0.3 is 10.1 Å². The lowest BCUT2D eigenvalue weighted by molar-refractivity contribution is 0.177. The molecule has 0 radical (unpaired) electrons. The van der Waals surface area contributed by atoms with Gasteiger partial charge in [-0.15, -0.1) is 0 Å². The van der Waals surface area contributed by atoms with Crippen molar-refractivity contribution in [3.05, 3.63) is 22.8 Å². The van der Waals surface area contributed by atoms with Crippen molar-refractivity contribution in [2.24, 2.45) is 0 Å². The fraction of sp³-hybridized carbons (Fsp3) is 0.667.